The lowest BCUT2D eigenvalue weighted by Crippen LogP contribution is -2.48. The summed E-state index contributed by atoms with van der Waals surface area (Å²) >= 11 is 3.31. The van der Waals surface area contributed by atoms with Crippen LogP contribution in [-0.2, 0) is 16.0 Å². The van der Waals surface area contributed by atoms with Crippen molar-refractivity contribution in [2.24, 2.45) is 5.92 Å². The third kappa shape index (κ3) is 3.81. The van der Waals surface area contributed by atoms with E-state index in [1.807, 2.05) is 6.07 Å². The van der Waals surface area contributed by atoms with E-state index in [1.165, 1.54) is 6.07 Å². The second-order valence-electron chi connectivity index (χ2n) is 6.47. The van der Waals surface area contributed by atoms with Crippen LogP contribution in [0.5, 0.6) is 0 Å². The number of likely N-dealkylation sites (tertiary alicyclic amines) is 1. The van der Waals surface area contributed by atoms with E-state index in [4.69, 9.17) is 4.74 Å². The summed E-state index contributed by atoms with van der Waals surface area (Å²) in [5, 5.41) is 0. The van der Waals surface area contributed by atoms with Crippen molar-refractivity contribution in [3.8, 4) is 0 Å². The molecule has 0 bridgehead atoms. The topological polar surface area (TPSA) is 49.9 Å². The molecule has 2 heterocycles. The zero-order valence-corrected chi connectivity index (χ0v) is 15.9. The Morgan fingerprint density at radius 2 is 2.12 bits per heavy atom. The summed E-state index contributed by atoms with van der Waals surface area (Å²) in [6.07, 6.45) is 2.64. The number of hydrogen-bond acceptors (Lipinski definition) is 3. The van der Waals surface area contributed by atoms with Crippen molar-refractivity contribution >= 4 is 33.6 Å². The van der Waals surface area contributed by atoms with Crippen LogP contribution < -0.4 is 4.90 Å². The highest BCUT2D eigenvalue weighted by atomic mass is 79.9. The molecule has 1 unspecified atom stereocenters. The minimum Gasteiger partial charge on any atom is -0.450 e. The Morgan fingerprint density at radius 3 is 2.88 bits per heavy atom. The molecule has 0 saturated carbocycles. The Hall–Kier alpha value is -1.63. The minimum atomic E-state index is -0.380. The van der Waals surface area contributed by atoms with Gasteiger partial charge in [0.15, 0.2) is 0 Å². The van der Waals surface area contributed by atoms with Crippen LogP contribution in [-0.4, -0.2) is 43.1 Å². The van der Waals surface area contributed by atoms with Gasteiger partial charge in [-0.25, -0.2) is 9.18 Å². The molecule has 2 amide bonds. The number of nitrogens with zero attached hydrogens (tertiary/aromatic N) is 2. The van der Waals surface area contributed by atoms with E-state index in [0.29, 0.717) is 42.8 Å². The molecule has 1 saturated heterocycles. The van der Waals surface area contributed by atoms with E-state index in [2.05, 4.69) is 15.9 Å². The fourth-order valence-corrected chi connectivity index (χ4v) is 4.13. The molecule has 5 nitrogen and oxygen atoms in total. The predicted molar refractivity (Wildman–Crippen MR) is 96.1 cm³/mol. The van der Waals surface area contributed by atoms with Gasteiger partial charge in [-0.1, -0.05) is 15.9 Å². The van der Waals surface area contributed by atoms with Gasteiger partial charge in [0, 0.05) is 24.1 Å². The highest BCUT2D eigenvalue weighted by Crippen LogP contribution is 2.34. The van der Waals surface area contributed by atoms with Gasteiger partial charge in [0.1, 0.15) is 5.82 Å². The van der Waals surface area contributed by atoms with Crippen LogP contribution in [0, 0.1) is 11.7 Å². The molecule has 2 aliphatic heterocycles. The first-order valence-electron chi connectivity index (χ1n) is 8.72. The molecule has 136 valence electrons. The number of anilines is 1. The van der Waals surface area contributed by atoms with Crippen molar-refractivity contribution in [3.63, 3.8) is 0 Å². The first kappa shape index (κ1) is 18.2. The summed E-state index contributed by atoms with van der Waals surface area (Å²) in [6, 6.07) is 3.28. The van der Waals surface area contributed by atoms with Crippen LogP contribution in [0.3, 0.4) is 0 Å². The van der Waals surface area contributed by atoms with Gasteiger partial charge in [-0.2, -0.15) is 0 Å². The molecule has 2 aliphatic rings. The first-order chi connectivity index (χ1) is 12.0. The molecule has 1 aromatic carbocycles. The summed E-state index contributed by atoms with van der Waals surface area (Å²) in [5.74, 6) is -0.793. The smallest absolute Gasteiger partial charge is 0.409 e. The van der Waals surface area contributed by atoms with Gasteiger partial charge in [-0.15, -0.1) is 0 Å². The molecule has 0 aliphatic carbocycles. The SMILES string of the molecule is CCOC(=O)N1CCCC(C(=O)N2CCCc3cc(Br)cc(F)c32)C1. The number of carbonyl (C=O) groups is 2. The number of rotatable bonds is 2. The summed E-state index contributed by atoms with van der Waals surface area (Å²) in [5.41, 5.74) is 1.25. The van der Waals surface area contributed by atoms with Gasteiger partial charge in [-0.3, -0.25) is 4.79 Å². The van der Waals surface area contributed by atoms with Crippen LogP contribution in [0.25, 0.3) is 0 Å². The Kier molecular flexibility index (Phi) is 5.61. The molecule has 0 N–H and O–H groups in total. The maximum atomic E-state index is 14.5. The lowest BCUT2D eigenvalue weighted by Gasteiger charge is -2.36. The van der Waals surface area contributed by atoms with E-state index >= 15 is 0 Å². The zero-order chi connectivity index (χ0) is 18.0. The van der Waals surface area contributed by atoms with Crippen LogP contribution >= 0.6 is 15.9 Å². The number of fused-ring (bicyclic) bond motifs is 1. The molecule has 3 rings (SSSR count). The maximum Gasteiger partial charge on any atom is 0.409 e. The second kappa shape index (κ2) is 7.72. The second-order valence-corrected chi connectivity index (χ2v) is 7.39. The Bertz CT molecular complexity index is 683. The van der Waals surface area contributed by atoms with Gasteiger partial charge >= 0.3 is 6.09 Å². The molecule has 25 heavy (non-hydrogen) atoms. The van der Waals surface area contributed by atoms with Crippen molar-refractivity contribution in [1.29, 1.82) is 0 Å². The average molecular weight is 413 g/mol. The number of halogens is 2. The molecular formula is C18H22BrFN2O3. The summed E-state index contributed by atoms with van der Waals surface area (Å²) in [4.78, 5) is 28.1. The third-order valence-electron chi connectivity index (χ3n) is 4.77. The number of amides is 2. The van der Waals surface area contributed by atoms with E-state index in [-0.39, 0.29) is 23.7 Å². The van der Waals surface area contributed by atoms with Gasteiger partial charge in [0.05, 0.1) is 18.2 Å². The quantitative estimate of drug-likeness (QED) is 0.743. The zero-order valence-electron chi connectivity index (χ0n) is 14.3. The average Bonchev–Trinajstić information content (AvgIpc) is 2.60. The van der Waals surface area contributed by atoms with Crippen LogP contribution in [0.1, 0.15) is 31.7 Å². The maximum absolute atomic E-state index is 14.5. The van der Waals surface area contributed by atoms with Crippen molar-refractivity contribution in [2.75, 3.05) is 31.1 Å². The van der Waals surface area contributed by atoms with Crippen molar-refractivity contribution in [2.45, 2.75) is 32.6 Å². The normalized spacial score (nSPS) is 20.2. The van der Waals surface area contributed by atoms with Crippen LogP contribution in [0.2, 0.25) is 0 Å². The highest BCUT2D eigenvalue weighted by molar-refractivity contribution is 9.10. The van der Waals surface area contributed by atoms with Crippen molar-refractivity contribution in [1.82, 2.24) is 4.90 Å². The number of ether oxygens (including phenoxy) is 1. The molecule has 0 spiro atoms. The Balaban J connectivity index is 1.79. The van der Waals surface area contributed by atoms with Gasteiger partial charge in [-0.05, 0) is 50.3 Å². The van der Waals surface area contributed by atoms with E-state index in [0.717, 1.165) is 24.8 Å². The van der Waals surface area contributed by atoms with Gasteiger partial charge in [0.2, 0.25) is 5.91 Å². The Morgan fingerprint density at radius 1 is 1.32 bits per heavy atom. The minimum absolute atomic E-state index is 0.101. The lowest BCUT2D eigenvalue weighted by molar-refractivity contribution is -0.123. The molecule has 0 aromatic heterocycles. The predicted octanol–water partition coefficient (Wildman–Crippen LogP) is 3.74. The first-order valence-corrected chi connectivity index (χ1v) is 9.51. The van der Waals surface area contributed by atoms with Gasteiger partial charge in [0.25, 0.3) is 0 Å². The third-order valence-corrected chi connectivity index (χ3v) is 5.23. The lowest BCUT2D eigenvalue weighted by atomic mass is 9.94. The van der Waals surface area contributed by atoms with E-state index in [1.54, 1.807) is 16.7 Å². The number of hydrogen-bond donors (Lipinski definition) is 0. The Labute approximate surface area is 155 Å². The summed E-state index contributed by atoms with van der Waals surface area (Å²) < 4.78 is 20.2. The fourth-order valence-electron chi connectivity index (χ4n) is 3.65. The number of aryl methyl sites for hydroxylation is 1. The summed E-state index contributed by atoms with van der Waals surface area (Å²) in [6.45, 7) is 3.52. The monoisotopic (exact) mass is 412 g/mol. The molecule has 1 atom stereocenters. The molecule has 0 radical (unpaired) electrons. The number of benzene rings is 1. The molecule has 7 heteroatoms. The molecule has 1 aromatic rings. The van der Waals surface area contributed by atoms with Crippen molar-refractivity contribution < 1.29 is 18.7 Å². The van der Waals surface area contributed by atoms with Crippen molar-refractivity contribution in [3.05, 3.63) is 28.0 Å². The van der Waals surface area contributed by atoms with Gasteiger partial charge < -0.3 is 14.5 Å². The van der Waals surface area contributed by atoms with E-state index < -0.39 is 0 Å². The standard InChI is InChI=1S/C18H22BrFN2O3/c1-2-25-18(24)21-7-3-6-13(11-21)17(23)22-8-4-5-12-9-14(19)10-15(20)16(12)22/h9-10,13H,2-8,11H2,1H3. The molecule has 1 fully saturated rings. The summed E-state index contributed by atoms with van der Waals surface area (Å²) in [7, 11) is 0. The fraction of sp³-hybridized carbons (Fsp3) is 0.556. The highest BCUT2D eigenvalue weighted by Gasteiger charge is 2.35. The molecular weight excluding hydrogens is 391 g/mol. The number of carbonyl (C=O) groups excluding carboxylic acids is 2. The van der Waals surface area contributed by atoms with E-state index in [9.17, 15) is 14.0 Å². The van der Waals surface area contributed by atoms with Crippen LogP contribution in [0.4, 0.5) is 14.9 Å². The number of piperidine rings is 1. The largest absolute Gasteiger partial charge is 0.450 e. The van der Waals surface area contributed by atoms with Crippen LogP contribution in [0.15, 0.2) is 16.6 Å².